The molecule has 0 spiro atoms. The molecule has 0 N–H and O–H groups in total. The SMILES string of the molecule is CC(C)n1cc(C(=O)N2[C@H]3CC[C@@H](C3)[C@@H]2COc2ccc(F)cc2)cn1. The van der Waals surface area contributed by atoms with Gasteiger partial charge in [-0.1, -0.05) is 0 Å². The van der Waals surface area contributed by atoms with Crippen LogP contribution in [0.1, 0.15) is 49.5 Å². The first-order chi connectivity index (χ1) is 12.5. The van der Waals surface area contributed by atoms with E-state index in [2.05, 4.69) is 5.10 Å². The molecule has 1 aliphatic heterocycles. The molecule has 1 aromatic heterocycles. The number of ether oxygens (including phenoxy) is 1. The zero-order valence-electron chi connectivity index (χ0n) is 15.1. The van der Waals surface area contributed by atoms with E-state index in [1.807, 2.05) is 29.6 Å². The number of carbonyl (C=O) groups excluding carboxylic acids is 1. The molecular formula is C20H24FN3O2. The summed E-state index contributed by atoms with van der Waals surface area (Å²) in [5.74, 6) is 0.867. The summed E-state index contributed by atoms with van der Waals surface area (Å²) in [4.78, 5) is 15.1. The van der Waals surface area contributed by atoms with Crippen LogP contribution < -0.4 is 4.74 Å². The molecule has 1 saturated heterocycles. The Morgan fingerprint density at radius 1 is 1.31 bits per heavy atom. The zero-order chi connectivity index (χ0) is 18.3. The van der Waals surface area contributed by atoms with Crippen LogP contribution >= 0.6 is 0 Å². The van der Waals surface area contributed by atoms with Crippen molar-refractivity contribution in [2.24, 2.45) is 5.92 Å². The average molecular weight is 357 g/mol. The summed E-state index contributed by atoms with van der Waals surface area (Å²) in [5.41, 5.74) is 0.637. The van der Waals surface area contributed by atoms with Gasteiger partial charge in [-0.25, -0.2) is 4.39 Å². The highest BCUT2D eigenvalue weighted by atomic mass is 19.1. The molecule has 2 aromatic rings. The van der Waals surface area contributed by atoms with Gasteiger partial charge in [-0.15, -0.1) is 0 Å². The Balaban J connectivity index is 1.49. The van der Waals surface area contributed by atoms with Crippen molar-refractivity contribution >= 4 is 5.91 Å². The van der Waals surface area contributed by atoms with E-state index in [-0.39, 0.29) is 29.8 Å². The van der Waals surface area contributed by atoms with E-state index in [0.717, 1.165) is 19.3 Å². The number of rotatable bonds is 5. The van der Waals surface area contributed by atoms with Crippen molar-refractivity contribution < 1.29 is 13.9 Å². The minimum atomic E-state index is -0.281. The monoisotopic (exact) mass is 357 g/mol. The lowest BCUT2D eigenvalue weighted by atomic mass is 9.99. The fourth-order valence-corrected chi connectivity index (χ4v) is 4.22. The summed E-state index contributed by atoms with van der Waals surface area (Å²) in [7, 11) is 0. The van der Waals surface area contributed by atoms with Crippen LogP contribution in [0.15, 0.2) is 36.7 Å². The van der Waals surface area contributed by atoms with Gasteiger partial charge in [0.25, 0.3) is 5.91 Å². The van der Waals surface area contributed by atoms with Crippen LogP contribution in [0.3, 0.4) is 0 Å². The highest BCUT2D eigenvalue weighted by Gasteiger charge is 2.48. The maximum absolute atomic E-state index is 13.1. The third kappa shape index (κ3) is 3.08. The number of carbonyl (C=O) groups is 1. The second kappa shape index (κ2) is 6.74. The minimum absolute atomic E-state index is 0.0387. The van der Waals surface area contributed by atoms with E-state index in [9.17, 15) is 9.18 Å². The number of likely N-dealkylation sites (tertiary alicyclic amines) is 1. The highest BCUT2D eigenvalue weighted by molar-refractivity contribution is 5.94. The predicted octanol–water partition coefficient (Wildman–Crippen LogP) is 3.68. The molecule has 138 valence electrons. The van der Waals surface area contributed by atoms with Crippen LogP contribution in [0, 0.1) is 11.7 Å². The van der Waals surface area contributed by atoms with Crippen molar-refractivity contribution in [1.82, 2.24) is 14.7 Å². The second-order valence-electron chi connectivity index (χ2n) is 7.57. The lowest BCUT2D eigenvalue weighted by Crippen LogP contribution is -2.47. The number of benzene rings is 1. The van der Waals surface area contributed by atoms with Gasteiger partial charge < -0.3 is 9.64 Å². The normalized spacial score (nSPS) is 24.5. The van der Waals surface area contributed by atoms with E-state index in [4.69, 9.17) is 4.74 Å². The van der Waals surface area contributed by atoms with Gasteiger partial charge in [0, 0.05) is 18.3 Å². The number of piperidine rings is 1. The first-order valence-corrected chi connectivity index (χ1v) is 9.28. The fraction of sp³-hybridized carbons (Fsp3) is 0.500. The van der Waals surface area contributed by atoms with Crippen LogP contribution in [0.4, 0.5) is 4.39 Å². The molecule has 6 heteroatoms. The van der Waals surface area contributed by atoms with Crippen molar-refractivity contribution in [3.8, 4) is 5.75 Å². The molecule has 2 heterocycles. The Kier molecular flexibility index (Phi) is 4.42. The Bertz CT molecular complexity index is 787. The molecule has 1 aliphatic carbocycles. The number of halogens is 1. The molecule has 26 heavy (non-hydrogen) atoms. The molecule has 0 radical (unpaired) electrons. The second-order valence-corrected chi connectivity index (χ2v) is 7.57. The van der Waals surface area contributed by atoms with Crippen LogP contribution in [-0.4, -0.2) is 39.3 Å². The van der Waals surface area contributed by atoms with Gasteiger partial charge in [-0.3, -0.25) is 9.48 Å². The highest BCUT2D eigenvalue weighted by Crippen LogP contribution is 2.43. The Morgan fingerprint density at radius 3 is 2.77 bits per heavy atom. The molecule has 1 saturated carbocycles. The van der Waals surface area contributed by atoms with Crippen molar-refractivity contribution in [2.45, 2.75) is 51.2 Å². The zero-order valence-corrected chi connectivity index (χ0v) is 15.1. The summed E-state index contributed by atoms with van der Waals surface area (Å²) in [6, 6.07) is 6.61. The van der Waals surface area contributed by atoms with Crippen molar-refractivity contribution in [3.05, 3.63) is 48.0 Å². The number of amides is 1. The summed E-state index contributed by atoms with van der Waals surface area (Å²) in [6.45, 7) is 4.52. The van der Waals surface area contributed by atoms with Gasteiger partial charge in [-0.2, -0.15) is 5.10 Å². The van der Waals surface area contributed by atoms with Crippen molar-refractivity contribution in [1.29, 1.82) is 0 Å². The number of aromatic nitrogens is 2. The minimum Gasteiger partial charge on any atom is -0.491 e. The molecule has 2 bridgehead atoms. The summed E-state index contributed by atoms with van der Waals surface area (Å²) < 4.78 is 20.7. The Morgan fingerprint density at radius 2 is 2.08 bits per heavy atom. The topological polar surface area (TPSA) is 47.4 Å². The smallest absolute Gasteiger partial charge is 0.257 e. The number of nitrogens with zero attached hydrogens (tertiary/aromatic N) is 3. The van der Waals surface area contributed by atoms with Crippen molar-refractivity contribution in [2.75, 3.05) is 6.61 Å². The van der Waals surface area contributed by atoms with Crippen LogP contribution in [0.25, 0.3) is 0 Å². The Hall–Kier alpha value is -2.37. The van der Waals surface area contributed by atoms with E-state index in [1.165, 1.54) is 12.1 Å². The first kappa shape index (κ1) is 17.1. The quantitative estimate of drug-likeness (QED) is 0.820. The first-order valence-electron chi connectivity index (χ1n) is 9.28. The number of hydrogen-bond donors (Lipinski definition) is 0. The molecule has 4 rings (SSSR count). The van der Waals surface area contributed by atoms with E-state index < -0.39 is 0 Å². The van der Waals surface area contributed by atoms with Crippen LogP contribution in [0.5, 0.6) is 5.75 Å². The van der Waals surface area contributed by atoms with Gasteiger partial charge in [0.1, 0.15) is 18.2 Å². The number of hydrogen-bond acceptors (Lipinski definition) is 3. The summed E-state index contributed by atoms with van der Waals surface area (Å²) >= 11 is 0. The Labute approximate surface area is 152 Å². The molecule has 3 atom stereocenters. The molecular weight excluding hydrogens is 333 g/mol. The van der Waals surface area contributed by atoms with Gasteiger partial charge in [0.15, 0.2) is 0 Å². The van der Waals surface area contributed by atoms with Crippen molar-refractivity contribution in [3.63, 3.8) is 0 Å². The van der Waals surface area contributed by atoms with Gasteiger partial charge in [0.2, 0.25) is 0 Å². The van der Waals surface area contributed by atoms with Gasteiger partial charge >= 0.3 is 0 Å². The lowest BCUT2D eigenvalue weighted by Gasteiger charge is -2.35. The van der Waals surface area contributed by atoms with Gasteiger partial charge in [-0.05, 0) is 63.3 Å². The van der Waals surface area contributed by atoms with E-state index in [0.29, 0.717) is 23.8 Å². The molecule has 0 unspecified atom stereocenters. The average Bonchev–Trinajstić information content (AvgIpc) is 3.36. The van der Waals surface area contributed by atoms with E-state index in [1.54, 1.807) is 18.3 Å². The van der Waals surface area contributed by atoms with Crippen LogP contribution in [0.2, 0.25) is 0 Å². The molecule has 1 amide bonds. The van der Waals surface area contributed by atoms with Gasteiger partial charge in [0.05, 0.1) is 17.8 Å². The fourth-order valence-electron chi connectivity index (χ4n) is 4.22. The molecule has 2 fully saturated rings. The predicted molar refractivity (Wildman–Crippen MR) is 95.6 cm³/mol. The summed E-state index contributed by atoms with van der Waals surface area (Å²) in [5, 5.41) is 4.30. The largest absolute Gasteiger partial charge is 0.491 e. The third-order valence-electron chi connectivity index (χ3n) is 5.59. The molecule has 2 aliphatic rings. The van der Waals surface area contributed by atoms with Crippen LogP contribution in [-0.2, 0) is 0 Å². The lowest BCUT2D eigenvalue weighted by molar-refractivity contribution is 0.0505. The summed E-state index contributed by atoms with van der Waals surface area (Å²) in [6.07, 6.45) is 6.73. The number of fused-ring (bicyclic) bond motifs is 2. The molecule has 5 nitrogen and oxygen atoms in total. The maximum Gasteiger partial charge on any atom is 0.257 e. The standard InChI is InChI=1S/C20H24FN3O2/c1-13(2)23-11-15(10-22-23)20(25)24-17-6-3-14(9-17)19(24)12-26-18-7-4-16(21)5-8-18/h4-5,7-8,10-11,13-14,17,19H,3,6,9,12H2,1-2H3/t14-,17-,19-/m0/s1. The maximum atomic E-state index is 13.1. The van der Waals surface area contributed by atoms with E-state index >= 15 is 0 Å². The third-order valence-corrected chi connectivity index (χ3v) is 5.59. The molecule has 1 aromatic carbocycles.